The summed E-state index contributed by atoms with van der Waals surface area (Å²) in [7, 11) is 2.07. The molecular weight excluding hydrogens is 224 g/mol. The van der Waals surface area contributed by atoms with Gasteiger partial charge in [0.2, 0.25) is 0 Å². The molecule has 0 spiro atoms. The summed E-state index contributed by atoms with van der Waals surface area (Å²) >= 11 is 0. The van der Waals surface area contributed by atoms with Crippen LogP contribution in [0, 0.1) is 6.92 Å². The first-order valence-electron chi connectivity index (χ1n) is 6.21. The van der Waals surface area contributed by atoms with Gasteiger partial charge in [-0.25, -0.2) is 0 Å². The van der Waals surface area contributed by atoms with Crippen molar-refractivity contribution in [2.24, 2.45) is 5.73 Å². The van der Waals surface area contributed by atoms with Crippen LogP contribution in [-0.2, 0) is 6.54 Å². The van der Waals surface area contributed by atoms with E-state index < -0.39 is 0 Å². The van der Waals surface area contributed by atoms with E-state index in [2.05, 4.69) is 36.2 Å². The fourth-order valence-electron chi connectivity index (χ4n) is 2.13. The summed E-state index contributed by atoms with van der Waals surface area (Å²) in [5.41, 5.74) is 7.15. The van der Waals surface area contributed by atoms with Crippen LogP contribution in [0.25, 0.3) is 0 Å². The molecule has 3 heteroatoms. The topological polar surface area (TPSA) is 42.4 Å². The highest BCUT2D eigenvalue weighted by molar-refractivity contribution is 5.16. The fraction of sp³-hybridized carbons (Fsp3) is 0.333. The molecule has 0 bridgehead atoms. The fourth-order valence-corrected chi connectivity index (χ4v) is 2.13. The number of benzene rings is 1. The number of hydrogen-bond donors (Lipinski definition) is 1. The van der Waals surface area contributed by atoms with Crippen molar-refractivity contribution in [1.82, 2.24) is 4.90 Å². The van der Waals surface area contributed by atoms with E-state index in [9.17, 15) is 0 Å². The Hall–Kier alpha value is -1.58. The maximum Gasteiger partial charge on any atom is 0.122 e. The number of hydrogen-bond acceptors (Lipinski definition) is 3. The van der Waals surface area contributed by atoms with Gasteiger partial charge < -0.3 is 10.2 Å². The zero-order valence-corrected chi connectivity index (χ0v) is 11.0. The van der Waals surface area contributed by atoms with E-state index in [0.29, 0.717) is 6.54 Å². The van der Waals surface area contributed by atoms with E-state index in [1.165, 1.54) is 5.56 Å². The molecule has 0 aliphatic carbocycles. The Morgan fingerprint density at radius 3 is 2.44 bits per heavy atom. The zero-order chi connectivity index (χ0) is 13.0. The molecule has 1 heterocycles. The maximum absolute atomic E-state index is 5.87. The number of nitrogens with zero attached hydrogens (tertiary/aromatic N) is 1. The van der Waals surface area contributed by atoms with E-state index in [4.69, 9.17) is 10.2 Å². The molecule has 0 saturated heterocycles. The molecule has 2 aromatic rings. The van der Waals surface area contributed by atoms with Crippen molar-refractivity contribution in [3.05, 3.63) is 59.5 Å². The smallest absolute Gasteiger partial charge is 0.122 e. The maximum atomic E-state index is 5.87. The summed E-state index contributed by atoms with van der Waals surface area (Å²) in [6, 6.07) is 14.5. The Labute approximate surface area is 108 Å². The third-order valence-corrected chi connectivity index (χ3v) is 3.12. The van der Waals surface area contributed by atoms with Crippen molar-refractivity contribution >= 4 is 0 Å². The molecular formula is C15H20N2O. The monoisotopic (exact) mass is 244 g/mol. The minimum Gasteiger partial charge on any atom is -0.465 e. The first-order valence-corrected chi connectivity index (χ1v) is 6.21. The Morgan fingerprint density at radius 1 is 1.17 bits per heavy atom. The first kappa shape index (κ1) is 12.9. The lowest BCUT2D eigenvalue weighted by Gasteiger charge is -2.25. The average Bonchev–Trinajstić information content (AvgIpc) is 2.78. The zero-order valence-electron chi connectivity index (χ0n) is 11.0. The van der Waals surface area contributed by atoms with Crippen LogP contribution in [0.15, 0.2) is 46.9 Å². The van der Waals surface area contributed by atoms with E-state index in [-0.39, 0.29) is 6.04 Å². The summed E-state index contributed by atoms with van der Waals surface area (Å²) in [6.45, 7) is 3.37. The van der Waals surface area contributed by atoms with E-state index >= 15 is 0 Å². The Morgan fingerprint density at radius 2 is 1.89 bits per heavy atom. The number of nitrogens with two attached hydrogens (primary N) is 1. The molecule has 2 N–H and O–H groups in total. The van der Waals surface area contributed by atoms with Gasteiger partial charge in [-0.3, -0.25) is 4.90 Å². The first-order chi connectivity index (χ1) is 8.70. The highest BCUT2D eigenvalue weighted by atomic mass is 16.3. The van der Waals surface area contributed by atoms with Crippen LogP contribution in [0.1, 0.15) is 23.1 Å². The second-order valence-electron chi connectivity index (χ2n) is 4.60. The molecule has 0 saturated carbocycles. The molecule has 3 nitrogen and oxygen atoms in total. The number of likely N-dealkylation sites (N-methyl/N-ethyl adjacent to an activating group) is 1. The van der Waals surface area contributed by atoms with Gasteiger partial charge in [-0.05, 0) is 31.7 Å². The number of furan rings is 1. The van der Waals surface area contributed by atoms with Crippen molar-refractivity contribution in [1.29, 1.82) is 0 Å². The number of rotatable bonds is 5. The second kappa shape index (κ2) is 5.85. The normalized spacial score (nSPS) is 12.9. The largest absolute Gasteiger partial charge is 0.465 e. The van der Waals surface area contributed by atoms with Gasteiger partial charge in [-0.15, -0.1) is 0 Å². The summed E-state index contributed by atoms with van der Waals surface area (Å²) < 4.78 is 5.67. The van der Waals surface area contributed by atoms with Crippen molar-refractivity contribution in [2.45, 2.75) is 19.5 Å². The predicted octanol–water partition coefficient (Wildman–Crippen LogP) is 2.72. The molecule has 96 valence electrons. The lowest BCUT2D eigenvalue weighted by Crippen LogP contribution is -2.29. The SMILES string of the molecule is Cc1ccc(C(CN)N(C)Cc2ccccc2)o1. The third-order valence-electron chi connectivity index (χ3n) is 3.12. The molecule has 0 amide bonds. The van der Waals surface area contributed by atoms with E-state index in [1.807, 2.05) is 25.1 Å². The van der Waals surface area contributed by atoms with Gasteiger partial charge in [-0.1, -0.05) is 30.3 Å². The number of aryl methyl sites for hydroxylation is 1. The van der Waals surface area contributed by atoms with Crippen LogP contribution in [0.2, 0.25) is 0 Å². The molecule has 1 atom stereocenters. The standard InChI is InChI=1S/C15H20N2O/c1-12-8-9-15(18-12)14(10-16)17(2)11-13-6-4-3-5-7-13/h3-9,14H,10-11,16H2,1-2H3. The minimum absolute atomic E-state index is 0.124. The van der Waals surface area contributed by atoms with Gasteiger partial charge in [0, 0.05) is 13.1 Å². The van der Waals surface area contributed by atoms with Crippen molar-refractivity contribution < 1.29 is 4.42 Å². The van der Waals surface area contributed by atoms with Gasteiger partial charge in [0.25, 0.3) is 0 Å². The molecule has 1 aromatic heterocycles. The molecule has 0 fully saturated rings. The summed E-state index contributed by atoms with van der Waals surface area (Å²) in [4.78, 5) is 2.22. The summed E-state index contributed by atoms with van der Waals surface area (Å²) in [5.74, 6) is 1.87. The van der Waals surface area contributed by atoms with Gasteiger partial charge in [0.1, 0.15) is 11.5 Å². The Bertz CT molecular complexity index is 478. The molecule has 1 aromatic carbocycles. The van der Waals surface area contributed by atoms with Crippen LogP contribution in [0.4, 0.5) is 0 Å². The second-order valence-corrected chi connectivity index (χ2v) is 4.60. The third kappa shape index (κ3) is 3.00. The van der Waals surface area contributed by atoms with Crippen molar-refractivity contribution in [2.75, 3.05) is 13.6 Å². The molecule has 0 aliphatic heterocycles. The molecule has 18 heavy (non-hydrogen) atoms. The van der Waals surface area contributed by atoms with Gasteiger partial charge in [-0.2, -0.15) is 0 Å². The molecule has 0 aliphatic rings. The lowest BCUT2D eigenvalue weighted by atomic mass is 10.1. The van der Waals surface area contributed by atoms with Crippen molar-refractivity contribution in [3.8, 4) is 0 Å². The van der Waals surface area contributed by atoms with Crippen LogP contribution in [0.5, 0.6) is 0 Å². The van der Waals surface area contributed by atoms with Crippen LogP contribution < -0.4 is 5.73 Å². The van der Waals surface area contributed by atoms with E-state index in [0.717, 1.165) is 18.1 Å². The van der Waals surface area contributed by atoms with Crippen LogP contribution >= 0.6 is 0 Å². The molecule has 0 radical (unpaired) electrons. The van der Waals surface area contributed by atoms with Gasteiger partial charge in [0.15, 0.2) is 0 Å². The minimum atomic E-state index is 0.124. The van der Waals surface area contributed by atoms with Crippen molar-refractivity contribution in [3.63, 3.8) is 0 Å². The van der Waals surface area contributed by atoms with Gasteiger partial charge >= 0.3 is 0 Å². The van der Waals surface area contributed by atoms with Gasteiger partial charge in [0.05, 0.1) is 6.04 Å². The highest BCUT2D eigenvalue weighted by Crippen LogP contribution is 2.22. The molecule has 2 rings (SSSR count). The highest BCUT2D eigenvalue weighted by Gasteiger charge is 2.18. The predicted molar refractivity (Wildman–Crippen MR) is 73.1 cm³/mol. The van der Waals surface area contributed by atoms with Crippen LogP contribution in [-0.4, -0.2) is 18.5 Å². The Kier molecular flexibility index (Phi) is 4.18. The molecule has 1 unspecified atom stereocenters. The van der Waals surface area contributed by atoms with Crippen LogP contribution in [0.3, 0.4) is 0 Å². The summed E-state index contributed by atoms with van der Waals surface area (Å²) in [5, 5.41) is 0. The quantitative estimate of drug-likeness (QED) is 0.879. The lowest BCUT2D eigenvalue weighted by molar-refractivity contribution is 0.211. The summed E-state index contributed by atoms with van der Waals surface area (Å²) in [6.07, 6.45) is 0. The Balaban J connectivity index is 2.08. The van der Waals surface area contributed by atoms with E-state index in [1.54, 1.807) is 0 Å². The average molecular weight is 244 g/mol.